The Kier molecular flexibility index (Phi) is 7.86. The van der Waals surface area contributed by atoms with Crippen molar-refractivity contribution in [2.45, 2.75) is 49.5 Å². The Balaban J connectivity index is 1.84. The number of fused-ring (bicyclic) bond motifs is 1. The number of carbonyl (C=O) groups is 1. The van der Waals surface area contributed by atoms with Gasteiger partial charge in [-0.25, -0.2) is 8.42 Å². The molecule has 5 N–H and O–H groups in total. The van der Waals surface area contributed by atoms with Gasteiger partial charge in [0.15, 0.2) is 5.96 Å². The molecule has 1 aliphatic heterocycles. The lowest BCUT2D eigenvalue weighted by atomic mass is 10.1. The van der Waals surface area contributed by atoms with Crippen molar-refractivity contribution < 1.29 is 13.2 Å². The van der Waals surface area contributed by atoms with E-state index in [4.69, 9.17) is 11.5 Å². The molecule has 9 heteroatoms. The Bertz CT molecular complexity index is 1020. The van der Waals surface area contributed by atoms with Gasteiger partial charge in [0.05, 0.1) is 4.90 Å². The summed E-state index contributed by atoms with van der Waals surface area (Å²) in [6.07, 6.45) is 4.84. The van der Waals surface area contributed by atoms with E-state index in [1.54, 1.807) is 29.2 Å². The summed E-state index contributed by atoms with van der Waals surface area (Å²) in [7, 11) is -3.92. The molecule has 0 aromatic heterocycles. The zero-order chi connectivity index (χ0) is 22.3. The van der Waals surface area contributed by atoms with Crippen molar-refractivity contribution >= 4 is 32.7 Å². The standard InChI is InChI=1S/C22H31N5O3S/c23-22(24)25-14-8-12-19(21(28)27-15-5-1-2-6-16-27)26-31(29,30)20-13-7-10-17-9-3-4-11-18(17)20/h3-4,7,9-11,13,19,26H,1-2,5-6,8,12,14-16H2,(H4,23,24,25). The molecule has 2 aromatic carbocycles. The zero-order valence-corrected chi connectivity index (χ0v) is 18.5. The Morgan fingerprint density at radius 2 is 1.71 bits per heavy atom. The molecule has 1 heterocycles. The molecule has 0 radical (unpaired) electrons. The molecule has 1 atom stereocenters. The van der Waals surface area contributed by atoms with Gasteiger partial charge in [-0.2, -0.15) is 4.72 Å². The first-order chi connectivity index (χ1) is 14.9. The molecule has 1 amide bonds. The highest BCUT2D eigenvalue weighted by molar-refractivity contribution is 7.89. The van der Waals surface area contributed by atoms with Gasteiger partial charge in [0.2, 0.25) is 15.9 Å². The predicted molar refractivity (Wildman–Crippen MR) is 123 cm³/mol. The van der Waals surface area contributed by atoms with Crippen LogP contribution in [0.4, 0.5) is 0 Å². The Hall–Kier alpha value is -2.65. The van der Waals surface area contributed by atoms with Crippen molar-refractivity contribution in [1.29, 1.82) is 0 Å². The number of amides is 1. The van der Waals surface area contributed by atoms with Gasteiger partial charge in [0.25, 0.3) is 0 Å². The van der Waals surface area contributed by atoms with Crippen LogP contribution in [0.25, 0.3) is 10.8 Å². The third-order valence-corrected chi connectivity index (χ3v) is 7.03. The topological polar surface area (TPSA) is 131 Å². The van der Waals surface area contributed by atoms with E-state index in [-0.39, 0.29) is 16.8 Å². The molecular weight excluding hydrogens is 414 g/mol. The van der Waals surface area contributed by atoms with E-state index >= 15 is 0 Å². The highest BCUT2D eigenvalue weighted by Crippen LogP contribution is 2.23. The van der Waals surface area contributed by atoms with E-state index in [9.17, 15) is 13.2 Å². The van der Waals surface area contributed by atoms with Gasteiger partial charge in [-0.05, 0) is 37.1 Å². The first-order valence-electron chi connectivity index (χ1n) is 10.7. The van der Waals surface area contributed by atoms with Crippen LogP contribution in [0.2, 0.25) is 0 Å². The minimum atomic E-state index is -3.92. The summed E-state index contributed by atoms with van der Waals surface area (Å²) in [5.41, 5.74) is 10.8. The molecule has 0 aliphatic carbocycles. The van der Waals surface area contributed by atoms with E-state index in [0.29, 0.717) is 37.9 Å². The Morgan fingerprint density at radius 1 is 1.03 bits per heavy atom. The van der Waals surface area contributed by atoms with Gasteiger partial charge < -0.3 is 16.4 Å². The summed E-state index contributed by atoms with van der Waals surface area (Å²) in [6, 6.07) is 11.6. The molecule has 168 valence electrons. The first kappa shape index (κ1) is 23.0. The molecular formula is C22H31N5O3S. The van der Waals surface area contributed by atoms with Crippen molar-refractivity contribution in [2.75, 3.05) is 19.6 Å². The lowest BCUT2D eigenvalue weighted by molar-refractivity contribution is -0.133. The number of hydrogen-bond donors (Lipinski definition) is 3. The van der Waals surface area contributed by atoms with E-state index in [1.165, 1.54) is 0 Å². The van der Waals surface area contributed by atoms with Crippen LogP contribution in [0.5, 0.6) is 0 Å². The van der Waals surface area contributed by atoms with Crippen LogP contribution in [-0.4, -0.2) is 50.9 Å². The normalized spacial score (nSPS) is 15.9. The van der Waals surface area contributed by atoms with Crippen LogP contribution in [0.15, 0.2) is 52.4 Å². The molecule has 8 nitrogen and oxygen atoms in total. The van der Waals surface area contributed by atoms with E-state index < -0.39 is 16.1 Å². The number of nitrogens with one attached hydrogen (secondary N) is 1. The Morgan fingerprint density at radius 3 is 2.42 bits per heavy atom. The summed E-state index contributed by atoms with van der Waals surface area (Å²) in [4.78, 5) is 19.2. The molecule has 0 bridgehead atoms. The minimum Gasteiger partial charge on any atom is -0.370 e. The lowest BCUT2D eigenvalue weighted by Crippen LogP contribution is -2.48. The van der Waals surface area contributed by atoms with Crippen molar-refractivity contribution in [3.63, 3.8) is 0 Å². The van der Waals surface area contributed by atoms with Crippen LogP contribution < -0.4 is 16.2 Å². The SMILES string of the molecule is NC(N)=NCCCC(NS(=O)(=O)c1cccc2ccccc12)C(=O)N1CCCCCC1. The summed E-state index contributed by atoms with van der Waals surface area (Å²) < 4.78 is 29.3. The van der Waals surface area contributed by atoms with Crippen molar-refractivity contribution in [3.05, 3.63) is 42.5 Å². The van der Waals surface area contributed by atoms with Crippen LogP contribution in [0.3, 0.4) is 0 Å². The molecule has 1 unspecified atom stereocenters. The highest BCUT2D eigenvalue weighted by Gasteiger charge is 2.30. The van der Waals surface area contributed by atoms with Crippen LogP contribution in [0, 0.1) is 0 Å². The minimum absolute atomic E-state index is 0.0215. The van der Waals surface area contributed by atoms with Crippen LogP contribution in [-0.2, 0) is 14.8 Å². The van der Waals surface area contributed by atoms with E-state index in [1.807, 2.05) is 18.2 Å². The number of benzene rings is 2. The summed E-state index contributed by atoms with van der Waals surface area (Å²) in [5.74, 6) is -0.206. The predicted octanol–water partition coefficient (Wildman–Crippen LogP) is 1.94. The van der Waals surface area contributed by atoms with Crippen molar-refractivity contribution in [2.24, 2.45) is 16.5 Å². The van der Waals surface area contributed by atoms with Gasteiger partial charge in [0.1, 0.15) is 6.04 Å². The molecule has 0 spiro atoms. The number of carbonyl (C=O) groups excluding carboxylic acids is 1. The second kappa shape index (κ2) is 10.6. The third-order valence-electron chi connectivity index (χ3n) is 5.50. The number of rotatable bonds is 8. The second-order valence-electron chi connectivity index (χ2n) is 7.84. The number of hydrogen-bond acceptors (Lipinski definition) is 4. The lowest BCUT2D eigenvalue weighted by Gasteiger charge is -2.27. The molecule has 2 aromatic rings. The maximum atomic E-state index is 13.3. The third kappa shape index (κ3) is 6.18. The maximum absolute atomic E-state index is 13.3. The molecule has 1 fully saturated rings. The van der Waals surface area contributed by atoms with Gasteiger partial charge >= 0.3 is 0 Å². The van der Waals surface area contributed by atoms with Crippen LogP contribution >= 0.6 is 0 Å². The number of likely N-dealkylation sites (tertiary alicyclic amines) is 1. The van der Waals surface area contributed by atoms with Gasteiger partial charge in [-0.1, -0.05) is 49.2 Å². The van der Waals surface area contributed by atoms with E-state index in [0.717, 1.165) is 31.1 Å². The Labute approximate surface area is 183 Å². The summed E-state index contributed by atoms with van der Waals surface area (Å²) >= 11 is 0. The number of nitrogens with two attached hydrogens (primary N) is 2. The zero-order valence-electron chi connectivity index (χ0n) is 17.7. The second-order valence-corrected chi connectivity index (χ2v) is 9.52. The quantitative estimate of drug-likeness (QED) is 0.325. The van der Waals surface area contributed by atoms with Gasteiger partial charge in [-0.3, -0.25) is 9.79 Å². The summed E-state index contributed by atoms with van der Waals surface area (Å²) in [6.45, 7) is 1.64. The molecule has 0 saturated carbocycles. The average Bonchev–Trinajstić information content (AvgIpc) is 3.04. The fourth-order valence-electron chi connectivity index (χ4n) is 3.93. The molecule has 1 aliphatic rings. The maximum Gasteiger partial charge on any atom is 0.241 e. The highest BCUT2D eigenvalue weighted by atomic mass is 32.2. The molecule has 3 rings (SSSR count). The van der Waals surface area contributed by atoms with Gasteiger partial charge in [-0.15, -0.1) is 0 Å². The molecule has 1 saturated heterocycles. The fraction of sp³-hybridized carbons (Fsp3) is 0.455. The van der Waals surface area contributed by atoms with Crippen LogP contribution in [0.1, 0.15) is 38.5 Å². The number of sulfonamides is 1. The number of aliphatic imine (C=N–C) groups is 1. The molecule has 31 heavy (non-hydrogen) atoms. The number of nitrogens with zero attached hydrogens (tertiary/aromatic N) is 2. The van der Waals surface area contributed by atoms with Crippen molar-refractivity contribution in [1.82, 2.24) is 9.62 Å². The summed E-state index contributed by atoms with van der Waals surface area (Å²) in [5, 5.41) is 1.45. The fourth-order valence-corrected chi connectivity index (χ4v) is 5.38. The first-order valence-corrected chi connectivity index (χ1v) is 12.2. The van der Waals surface area contributed by atoms with Gasteiger partial charge in [0, 0.05) is 25.0 Å². The van der Waals surface area contributed by atoms with E-state index in [2.05, 4.69) is 9.71 Å². The smallest absolute Gasteiger partial charge is 0.241 e. The van der Waals surface area contributed by atoms with Crippen molar-refractivity contribution in [3.8, 4) is 0 Å². The monoisotopic (exact) mass is 445 g/mol. The largest absolute Gasteiger partial charge is 0.370 e. The number of guanidine groups is 1. The average molecular weight is 446 g/mol.